The summed E-state index contributed by atoms with van der Waals surface area (Å²) in [6, 6.07) is 6.74. The van der Waals surface area contributed by atoms with E-state index in [1.54, 1.807) is 0 Å². The number of benzene rings is 1. The summed E-state index contributed by atoms with van der Waals surface area (Å²) in [4.78, 5) is 0. The Hall–Kier alpha value is -1.06. The minimum absolute atomic E-state index is 0.558. The molecule has 0 saturated heterocycles. The van der Waals surface area contributed by atoms with Gasteiger partial charge in [-0.3, -0.25) is 0 Å². The highest BCUT2D eigenvalue weighted by Crippen LogP contribution is 2.39. The molecular formula is C15H21NO2. The SMILES string of the molecule is CNC1CCC(O)(c2ccc3c(c2)CCO3)CC1. The molecule has 98 valence electrons. The van der Waals surface area contributed by atoms with Gasteiger partial charge in [0.05, 0.1) is 12.2 Å². The van der Waals surface area contributed by atoms with Crippen molar-refractivity contribution < 1.29 is 9.84 Å². The van der Waals surface area contributed by atoms with Crippen molar-refractivity contribution in [3.05, 3.63) is 29.3 Å². The van der Waals surface area contributed by atoms with Gasteiger partial charge < -0.3 is 15.2 Å². The lowest BCUT2D eigenvalue weighted by molar-refractivity contribution is -0.00768. The van der Waals surface area contributed by atoms with E-state index in [2.05, 4.69) is 11.4 Å². The van der Waals surface area contributed by atoms with E-state index in [0.717, 1.165) is 50.0 Å². The average Bonchev–Trinajstić information content (AvgIpc) is 2.87. The number of rotatable bonds is 2. The lowest BCUT2D eigenvalue weighted by atomic mass is 9.77. The molecule has 0 atom stereocenters. The first-order chi connectivity index (χ1) is 8.71. The van der Waals surface area contributed by atoms with Crippen LogP contribution >= 0.6 is 0 Å². The Morgan fingerprint density at radius 3 is 2.83 bits per heavy atom. The van der Waals surface area contributed by atoms with Gasteiger partial charge in [-0.2, -0.15) is 0 Å². The van der Waals surface area contributed by atoms with Gasteiger partial charge >= 0.3 is 0 Å². The van der Waals surface area contributed by atoms with Crippen LogP contribution in [0.15, 0.2) is 18.2 Å². The van der Waals surface area contributed by atoms with Crippen molar-refractivity contribution in [2.24, 2.45) is 0 Å². The molecule has 0 radical (unpaired) electrons. The summed E-state index contributed by atoms with van der Waals surface area (Å²) in [7, 11) is 2.00. The van der Waals surface area contributed by atoms with E-state index in [4.69, 9.17) is 4.74 Å². The van der Waals surface area contributed by atoms with Crippen LogP contribution in [0.1, 0.15) is 36.8 Å². The highest BCUT2D eigenvalue weighted by molar-refractivity contribution is 5.41. The van der Waals surface area contributed by atoms with Gasteiger partial charge in [0.2, 0.25) is 0 Å². The van der Waals surface area contributed by atoms with Crippen molar-refractivity contribution in [3.8, 4) is 5.75 Å². The molecule has 2 N–H and O–H groups in total. The third kappa shape index (κ3) is 2.02. The van der Waals surface area contributed by atoms with E-state index in [1.807, 2.05) is 19.2 Å². The van der Waals surface area contributed by atoms with Gasteiger partial charge in [0.15, 0.2) is 0 Å². The molecule has 1 saturated carbocycles. The van der Waals surface area contributed by atoms with Crippen LogP contribution in [-0.4, -0.2) is 24.8 Å². The van der Waals surface area contributed by atoms with Crippen molar-refractivity contribution in [3.63, 3.8) is 0 Å². The Balaban J connectivity index is 1.82. The highest BCUT2D eigenvalue weighted by atomic mass is 16.5. The van der Waals surface area contributed by atoms with Crippen molar-refractivity contribution in [1.82, 2.24) is 5.32 Å². The number of hydrogen-bond acceptors (Lipinski definition) is 3. The largest absolute Gasteiger partial charge is 0.493 e. The standard InChI is InChI=1S/C15H21NO2/c1-16-13-4-7-15(17,8-5-13)12-2-3-14-11(10-12)6-9-18-14/h2-3,10,13,16-17H,4-9H2,1H3. The summed E-state index contributed by atoms with van der Waals surface area (Å²) in [5.41, 5.74) is 1.68. The molecule has 2 aliphatic rings. The van der Waals surface area contributed by atoms with Crippen LogP contribution in [0.5, 0.6) is 5.75 Å². The van der Waals surface area contributed by atoms with Gasteiger partial charge in [-0.1, -0.05) is 6.07 Å². The fourth-order valence-electron chi connectivity index (χ4n) is 3.15. The molecule has 1 aliphatic heterocycles. The molecule has 0 bridgehead atoms. The van der Waals surface area contributed by atoms with Crippen LogP contribution in [-0.2, 0) is 12.0 Å². The van der Waals surface area contributed by atoms with Gasteiger partial charge in [-0.25, -0.2) is 0 Å². The topological polar surface area (TPSA) is 41.5 Å². The molecule has 3 rings (SSSR count). The summed E-state index contributed by atoms with van der Waals surface area (Å²) in [5, 5.41) is 14.1. The van der Waals surface area contributed by atoms with E-state index in [1.165, 1.54) is 5.56 Å². The monoisotopic (exact) mass is 247 g/mol. The summed E-state index contributed by atoms with van der Waals surface area (Å²) < 4.78 is 5.52. The molecule has 1 aromatic rings. The summed E-state index contributed by atoms with van der Waals surface area (Å²) >= 11 is 0. The number of nitrogens with one attached hydrogen (secondary N) is 1. The van der Waals surface area contributed by atoms with Gasteiger partial charge in [-0.05, 0) is 56.0 Å². The molecule has 3 nitrogen and oxygen atoms in total. The maximum Gasteiger partial charge on any atom is 0.122 e. The van der Waals surface area contributed by atoms with E-state index < -0.39 is 5.60 Å². The van der Waals surface area contributed by atoms with Crippen LogP contribution in [0.4, 0.5) is 0 Å². The summed E-state index contributed by atoms with van der Waals surface area (Å²) in [6.45, 7) is 0.777. The van der Waals surface area contributed by atoms with Crippen molar-refractivity contribution in [2.45, 2.75) is 43.7 Å². The number of aliphatic hydroxyl groups is 1. The molecule has 0 aromatic heterocycles. The highest BCUT2D eigenvalue weighted by Gasteiger charge is 2.35. The Kier molecular flexibility index (Phi) is 3.04. The van der Waals surface area contributed by atoms with Crippen LogP contribution in [0, 0.1) is 0 Å². The van der Waals surface area contributed by atoms with E-state index in [-0.39, 0.29) is 0 Å². The van der Waals surface area contributed by atoms with Gasteiger partial charge in [-0.15, -0.1) is 0 Å². The molecule has 3 heteroatoms. The van der Waals surface area contributed by atoms with Crippen molar-refractivity contribution in [1.29, 1.82) is 0 Å². The normalized spacial score (nSPS) is 30.9. The number of fused-ring (bicyclic) bond motifs is 1. The first kappa shape index (κ1) is 12.0. The van der Waals surface area contributed by atoms with Gasteiger partial charge in [0.1, 0.15) is 5.75 Å². The second kappa shape index (κ2) is 4.56. The Bertz CT molecular complexity index is 436. The molecule has 0 amide bonds. The molecule has 0 unspecified atom stereocenters. The summed E-state index contributed by atoms with van der Waals surface area (Å²) in [6.07, 6.45) is 4.75. The zero-order chi connectivity index (χ0) is 12.6. The van der Waals surface area contributed by atoms with E-state index in [0.29, 0.717) is 6.04 Å². The Morgan fingerprint density at radius 1 is 1.33 bits per heavy atom. The lowest BCUT2D eigenvalue weighted by Crippen LogP contribution is -2.38. The smallest absolute Gasteiger partial charge is 0.122 e. The molecule has 0 spiro atoms. The van der Waals surface area contributed by atoms with E-state index in [9.17, 15) is 5.11 Å². The number of ether oxygens (including phenoxy) is 1. The quantitative estimate of drug-likeness (QED) is 0.839. The van der Waals surface area contributed by atoms with Crippen LogP contribution in [0.25, 0.3) is 0 Å². The predicted octanol–water partition coefficient (Wildman–Crippen LogP) is 1.97. The molecular weight excluding hydrogens is 226 g/mol. The lowest BCUT2D eigenvalue weighted by Gasteiger charge is -2.36. The fourth-order valence-corrected chi connectivity index (χ4v) is 3.15. The third-order valence-electron chi connectivity index (χ3n) is 4.45. The second-order valence-electron chi connectivity index (χ2n) is 5.52. The minimum atomic E-state index is -0.634. The van der Waals surface area contributed by atoms with Gasteiger partial charge in [0.25, 0.3) is 0 Å². The second-order valence-corrected chi connectivity index (χ2v) is 5.52. The van der Waals surface area contributed by atoms with E-state index >= 15 is 0 Å². The summed E-state index contributed by atoms with van der Waals surface area (Å²) in [5.74, 6) is 0.992. The first-order valence-electron chi connectivity index (χ1n) is 6.87. The zero-order valence-electron chi connectivity index (χ0n) is 10.9. The Labute approximate surface area is 108 Å². The minimum Gasteiger partial charge on any atom is -0.493 e. The zero-order valence-corrected chi connectivity index (χ0v) is 10.9. The average molecular weight is 247 g/mol. The van der Waals surface area contributed by atoms with Crippen LogP contribution in [0.3, 0.4) is 0 Å². The van der Waals surface area contributed by atoms with Gasteiger partial charge in [0, 0.05) is 12.5 Å². The molecule has 1 aromatic carbocycles. The fraction of sp³-hybridized carbons (Fsp3) is 0.600. The number of hydrogen-bond donors (Lipinski definition) is 2. The molecule has 1 aliphatic carbocycles. The van der Waals surface area contributed by atoms with Crippen molar-refractivity contribution >= 4 is 0 Å². The molecule has 18 heavy (non-hydrogen) atoms. The Morgan fingerprint density at radius 2 is 2.11 bits per heavy atom. The predicted molar refractivity (Wildman–Crippen MR) is 70.9 cm³/mol. The molecule has 1 fully saturated rings. The first-order valence-corrected chi connectivity index (χ1v) is 6.87. The van der Waals surface area contributed by atoms with Crippen LogP contribution < -0.4 is 10.1 Å². The maximum absolute atomic E-state index is 10.8. The van der Waals surface area contributed by atoms with Crippen molar-refractivity contribution in [2.75, 3.05) is 13.7 Å². The maximum atomic E-state index is 10.8. The molecule has 1 heterocycles. The third-order valence-corrected chi connectivity index (χ3v) is 4.45. The van der Waals surface area contributed by atoms with Crippen LogP contribution in [0.2, 0.25) is 0 Å².